The van der Waals surface area contributed by atoms with Crippen molar-refractivity contribution in [2.75, 3.05) is 47.1 Å². The average molecular weight is 273 g/mol. The lowest BCUT2D eigenvalue weighted by atomic mass is 10.1. The Labute approximate surface area is 118 Å². The molecule has 0 aromatic heterocycles. The third-order valence-electron chi connectivity index (χ3n) is 2.66. The summed E-state index contributed by atoms with van der Waals surface area (Å²) in [5.74, 6) is 1.64. The van der Waals surface area contributed by atoms with Gasteiger partial charge in [-0.25, -0.2) is 0 Å². The van der Waals surface area contributed by atoms with Crippen molar-refractivity contribution in [1.29, 1.82) is 0 Å². The predicted octanol–water partition coefficient (Wildman–Crippen LogP) is 1.64. The van der Waals surface area contributed by atoms with Crippen molar-refractivity contribution in [3.8, 4) is 0 Å². The summed E-state index contributed by atoms with van der Waals surface area (Å²) in [6.07, 6.45) is 3.40. The minimum atomic E-state index is 0.659. The number of ether oxygens (including phenoxy) is 2. The molecule has 0 atom stereocenters. The molecular formula is C14H31N3O2. The van der Waals surface area contributed by atoms with Crippen molar-refractivity contribution in [3.63, 3.8) is 0 Å². The number of aliphatic imine (C=N–C) groups is 1. The average Bonchev–Trinajstić information content (AvgIpc) is 2.39. The summed E-state index contributed by atoms with van der Waals surface area (Å²) in [6, 6.07) is 0. The summed E-state index contributed by atoms with van der Waals surface area (Å²) in [4.78, 5) is 4.19. The van der Waals surface area contributed by atoms with Crippen LogP contribution in [0.1, 0.15) is 33.1 Å². The van der Waals surface area contributed by atoms with Crippen molar-refractivity contribution in [2.45, 2.75) is 33.1 Å². The zero-order valence-electron chi connectivity index (χ0n) is 13.0. The number of nitrogens with zero attached hydrogens (tertiary/aromatic N) is 1. The standard InChI is InChI=1S/C14H31N3O2/c1-13(2)7-5-8-16-14(15-3)17-9-6-10-19-12-11-18-4/h13H,5-12H2,1-4H3,(H2,15,16,17). The Bertz CT molecular complexity index is 221. The lowest BCUT2D eigenvalue weighted by Crippen LogP contribution is -2.38. The molecule has 114 valence electrons. The maximum Gasteiger partial charge on any atom is 0.190 e. The molecule has 0 radical (unpaired) electrons. The fourth-order valence-corrected chi connectivity index (χ4v) is 1.56. The summed E-state index contributed by atoms with van der Waals surface area (Å²) in [7, 11) is 3.48. The molecule has 0 fully saturated rings. The quantitative estimate of drug-likeness (QED) is 0.341. The van der Waals surface area contributed by atoms with Crippen LogP contribution < -0.4 is 10.6 Å². The molecule has 0 aliphatic heterocycles. The normalized spacial score (nSPS) is 11.9. The maximum atomic E-state index is 5.39. The minimum absolute atomic E-state index is 0.659. The van der Waals surface area contributed by atoms with Gasteiger partial charge in [0, 0.05) is 33.9 Å². The lowest BCUT2D eigenvalue weighted by Gasteiger charge is -2.12. The molecule has 5 nitrogen and oxygen atoms in total. The zero-order valence-corrected chi connectivity index (χ0v) is 13.0. The van der Waals surface area contributed by atoms with Crippen LogP contribution in [0.2, 0.25) is 0 Å². The minimum Gasteiger partial charge on any atom is -0.382 e. The highest BCUT2D eigenvalue weighted by atomic mass is 16.5. The van der Waals surface area contributed by atoms with E-state index in [1.165, 1.54) is 12.8 Å². The van der Waals surface area contributed by atoms with Gasteiger partial charge in [0.1, 0.15) is 0 Å². The molecule has 0 bridgehead atoms. The van der Waals surface area contributed by atoms with Gasteiger partial charge in [-0.15, -0.1) is 0 Å². The first kappa shape index (κ1) is 18.2. The smallest absolute Gasteiger partial charge is 0.190 e. The molecule has 0 rings (SSSR count). The van der Waals surface area contributed by atoms with E-state index in [2.05, 4.69) is 29.5 Å². The van der Waals surface area contributed by atoms with Crippen LogP contribution in [-0.4, -0.2) is 53.0 Å². The second-order valence-electron chi connectivity index (χ2n) is 4.92. The van der Waals surface area contributed by atoms with Crippen LogP contribution in [0.25, 0.3) is 0 Å². The molecule has 19 heavy (non-hydrogen) atoms. The van der Waals surface area contributed by atoms with Gasteiger partial charge in [-0.05, 0) is 25.2 Å². The van der Waals surface area contributed by atoms with Crippen LogP contribution in [0.5, 0.6) is 0 Å². The van der Waals surface area contributed by atoms with Crippen LogP contribution >= 0.6 is 0 Å². The Hall–Kier alpha value is -0.810. The molecular weight excluding hydrogens is 242 g/mol. The van der Waals surface area contributed by atoms with Gasteiger partial charge in [0.25, 0.3) is 0 Å². The highest BCUT2D eigenvalue weighted by Gasteiger charge is 1.98. The Morgan fingerprint density at radius 3 is 2.32 bits per heavy atom. The first-order valence-electron chi connectivity index (χ1n) is 7.22. The number of hydrogen-bond acceptors (Lipinski definition) is 3. The molecule has 0 aliphatic rings. The Morgan fingerprint density at radius 2 is 1.74 bits per heavy atom. The molecule has 2 N–H and O–H groups in total. The van der Waals surface area contributed by atoms with Crippen LogP contribution in [0.3, 0.4) is 0 Å². The zero-order chi connectivity index (χ0) is 14.3. The fraction of sp³-hybridized carbons (Fsp3) is 0.929. The predicted molar refractivity (Wildman–Crippen MR) is 80.7 cm³/mol. The number of methoxy groups -OCH3 is 1. The van der Waals surface area contributed by atoms with Crippen LogP contribution in [-0.2, 0) is 9.47 Å². The van der Waals surface area contributed by atoms with E-state index in [9.17, 15) is 0 Å². The highest BCUT2D eigenvalue weighted by molar-refractivity contribution is 5.79. The second-order valence-corrected chi connectivity index (χ2v) is 4.92. The summed E-state index contributed by atoms with van der Waals surface area (Å²) in [6.45, 7) is 8.41. The first-order chi connectivity index (χ1) is 9.20. The van der Waals surface area contributed by atoms with Crippen LogP contribution in [0.4, 0.5) is 0 Å². The molecule has 0 aromatic carbocycles. The van der Waals surface area contributed by atoms with E-state index in [0.29, 0.717) is 13.2 Å². The molecule has 0 aliphatic carbocycles. The van der Waals surface area contributed by atoms with Gasteiger partial charge in [0.05, 0.1) is 13.2 Å². The van der Waals surface area contributed by atoms with E-state index >= 15 is 0 Å². The van der Waals surface area contributed by atoms with Crippen molar-refractivity contribution < 1.29 is 9.47 Å². The Morgan fingerprint density at radius 1 is 1.05 bits per heavy atom. The van der Waals surface area contributed by atoms with E-state index in [0.717, 1.165) is 38.0 Å². The molecule has 0 aromatic rings. The Balaban J connectivity index is 3.40. The van der Waals surface area contributed by atoms with Gasteiger partial charge < -0.3 is 20.1 Å². The molecule has 0 spiro atoms. The SMILES string of the molecule is CN=C(NCCCOCCOC)NCCCC(C)C. The number of guanidine groups is 1. The van der Waals surface area contributed by atoms with E-state index in [4.69, 9.17) is 9.47 Å². The second kappa shape index (κ2) is 13.6. The Kier molecular flexibility index (Phi) is 13.0. The maximum absolute atomic E-state index is 5.39. The van der Waals surface area contributed by atoms with E-state index in [-0.39, 0.29) is 0 Å². The van der Waals surface area contributed by atoms with Crippen molar-refractivity contribution in [1.82, 2.24) is 10.6 Å². The third kappa shape index (κ3) is 13.4. The molecule has 0 amide bonds. The number of rotatable bonds is 11. The number of nitrogens with one attached hydrogen (secondary N) is 2. The van der Waals surface area contributed by atoms with Gasteiger partial charge >= 0.3 is 0 Å². The van der Waals surface area contributed by atoms with Crippen LogP contribution in [0.15, 0.2) is 4.99 Å². The van der Waals surface area contributed by atoms with E-state index < -0.39 is 0 Å². The lowest BCUT2D eigenvalue weighted by molar-refractivity contribution is 0.0698. The summed E-state index contributed by atoms with van der Waals surface area (Å²) in [5.41, 5.74) is 0. The topological polar surface area (TPSA) is 54.9 Å². The molecule has 0 unspecified atom stereocenters. The largest absolute Gasteiger partial charge is 0.382 e. The van der Waals surface area contributed by atoms with Crippen molar-refractivity contribution >= 4 is 5.96 Å². The van der Waals surface area contributed by atoms with Gasteiger partial charge in [0.2, 0.25) is 0 Å². The van der Waals surface area contributed by atoms with Crippen LogP contribution in [0, 0.1) is 5.92 Å². The van der Waals surface area contributed by atoms with E-state index in [1.54, 1.807) is 14.2 Å². The van der Waals surface area contributed by atoms with Crippen molar-refractivity contribution in [2.24, 2.45) is 10.9 Å². The van der Waals surface area contributed by atoms with Gasteiger partial charge in [-0.2, -0.15) is 0 Å². The molecule has 0 saturated carbocycles. The first-order valence-corrected chi connectivity index (χ1v) is 7.22. The van der Waals surface area contributed by atoms with E-state index in [1.807, 2.05) is 0 Å². The number of hydrogen-bond donors (Lipinski definition) is 2. The summed E-state index contributed by atoms with van der Waals surface area (Å²) < 4.78 is 10.3. The molecule has 0 saturated heterocycles. The highest BCUT2D eigenvalue weighted by Crippen LogP contribution is 2.01. The summed E-state index contributed by atoms with van der Waals surface area (Å²) >= 11 is 0. The monoisotopic (exact) mass is 273 g/mol. The summed E-state index contributed by atoms with van der Waals surface area (Å²) in [5, 5.41) is 6.59. The van der Waals surface area contributed by atoms with Crippen molar-refractivity contribution in [3.05, 3.63) is 0 Å². The van der Waals surface area contributed by atoms with Gasteiger partial charge in [0.15, 0.2) is 5.96 Å². The third-order valence-corrected chi connectivity index (χ3v) is 2.66. The van der Waals surface area contributed by atoms with Gasteiger partial charge in [-0.3, -0.25) is 4.99 Å². The molecule has 0 heterocycles. The molecule has 5 heteroatoms. The van der Waals surface area contributed by atoms with Gasteiger partial charge in [-0.1, -0.05) is 13.8 Å². The fourth-order valence-electron chi connectivity index (χ4n) is 1.56.